The van der Waals surface area contributed by atoms with Crippen LogP contribution in [0.4, 0.5) is 0 Å². The molecular weight excluding hydrogens is 310 g/mol. The maximum absolute atomic E-state index is 12.7. The third-order valence-electron chi connectivity index (χ3n) is 5.19. The van der Waals surface area contributed by atoms with Gasteiger partial charge in [0, 0.05) is 45.1 Å². The highest BCUT2D eigenvalue weighted by molar-refractivity contribution is 5.93. The first kappa shape index (κ1) is 16.9. The van der Waals surface area contributed by atoms with Crippen LogP contribution in [0.3, 0.4) is 0 Å². The molecule has 3 rings (SSSR count). The number of ether oxygens (including phenoxy) is 1. The van der Waals surface area contributed by atoms with Crippen LogP contribution in [-0.4, -0.2) is 76.9 Å². The molecule has 8 heteroatoms. The van der Waals surface area contributed by atoms with E-state index in [0.717, 1.165) is 25.8 Å². The quantitative estimate of drug-likeness (QED) is 0.870. The number of nitrogens with zero attached hydrogens (tertiary/aromatic N) is 4. The summed E-state index contributed by atoms with van der Waals surface area (Å²) in [4.78, 5) is 28.6. The number of carbonyl (C=O) groups excluding carboxylic acids is 2. The van der Waals surface area contributed by atoms with Gasteiger partial charge in [-0.15, -0.1) is 0 Å². The summed E-state index contributed by atoms with van der Waals surface area (Å²) in [6.45, 7) is 5.06. The number of aryl methyl sites for hydroxylation is 1. The summed E-state index contributed by atoms with van der Waals surface area (Å²) in [5.41, 5.74) is 1.02. The van der Waals surface area contributed by atoms with Gasteiger partial charge in [-0.25, -0.2) is 0 Å². The van der Waals surface area contributed by atoms with E-state index in [1.165, 1.54) is 0 Å². The van der Waals surface area contributed by atoms with Crippen LogP contribution in [0.25, 0.3) is 0 Å². The molecular formula is C16H25N5O3. The largest absolute Gasteiger partial charge is 0.383 e. The minimum Gasteiger partial charge on any atom is -0.383 e. The number of nitrogens with one attached hydrogen (secondary N) is 1. The number of aromatic amines is 1. The number of rotatable bonds is 4. The molecule has 1 aromatic rings. The Hall–Kier alpha value is -1.96. The Morgan fingerprint density at radius 2 is 2.17 bits per heavy atom. The van der Waals surface area contributed by atoms with Gasteiger partial charge in [0.05, 0.1) is 12.3 Å². The van der Waals surface area contributed by atoms with Gasteiger partial charge < -0.3 is 14.5 Å². The molecule has 0 radical (unpaired) electrons. The number of carbonyl (C=O) groups is 2. The molecule has 0 saturated carbocycles. The maximum Gasteiger partial charge on any atom is 0.276 e. The van der Waals surface area contributed by atoms with E-state index in [1.54, 1.807) is 14.0 Å². The maximum atomic E-state index is 12.7. The van der Waals surface area contributed by atoms with E-state index < -0.39 is 0 Å². The van der Waals surface area contributed by atoms with E-state index in [9.17, 15) is 9.59 Å². The summed E-state index contributed by atoms with van der Waals surface area (Å²) < 4.78 is 5.11. The monoisotopic (exact) mass is 335 g/mol. The molecule has 2 saturated heterocycles. The average molecular weight is 335 g/mol. The molecule has 0 bridgehead atoms. The standard InChI is InChI=1S/C16H25N5O3/c1-12-14(18-19-17-12)15(23)21-7-3-5-16(11-21)6-4-13(22)20(10-16)8-9-24-2/h3-11H2,1-2H3,(H,17,18,19). The minimum absolute atomic E-state index is 0.00674. The Labute approximate surface area is 141 Å². The molecule has 0 aliphatic carbocycles. The number of hydrogen-bond acceptors (Lipinski definition) is 5. The van der Waals surface area contributed by atoms with Crippen molar-refractivity contribution >= 4 is 11.8 Å². The topological polar surface area (TPSA) is 91.4 Å². The van der Waals surface area contributed by atoms with Gasteiger partial charge in [0.25, 0.3) is 5.91 Å². The van der Waals surface area contributed by atoms with Crippen molar-refractivity contribution in [3.8, 4) is 0 Å². The van der Waals surface area contributed by atoms with Gasteiger partial charge in [0.15, 0.2) is 5.69 Å². The van der Waals surface area contributed by atoms with E-state index in [4.69, 9.17) is 4.74 Å². The Kier molecular flexibility index (Phi) is 4.84. The predicted octanol–water partition coefficient (Wildman–Crippen LogP) is 0.604. The number of likely N-dealkylation sites (tertiary alicyclic amines) is 2. The van der Waals surface area contributed by atoms with Crippen molar-refractivity contribution in [2.24, 2.45) is 5.41 Å². The van der Waals surface area contributed by atoms with Crippen LogP contribution in [0.15, 0.2) is 0 Å². The van der Waals surface area contributed by atoms with Gasteiger partial charge in [0.2, 0.25) is 5.91 Å². The first-order valence-corrected chi connectivity index (χ1v) is 8.48. The molecule has 2 aliphatic rings. The van der Waals surface area contributed by atoms with Crippen LogP contribution >= 0.6 is 0 Å². The van der Waals surface area contributed by atoms with Gasteiger partial charge in [-0.3, -0.25) is 9.59 Å². The smallest absolute Gasteiger partial charge is 0.276 e. The van der Waals surface area contributed by atoms with Crippen LogP contribution in [-0.2, 0) is 9.53 Å². The minimum atomic E-state index is -0.0688. The molecule has 1 N–H and O–H groups in total. The SMILES string of the molecule is COCCN1CC2(CCCN(C(=O)c3n[nH]nc3C)C2)CCC1=O. The van der Waals surface area contributed by atoms with Crippen molar-refractivity contribution in [2.45, 2.75) is 32.6 Å². The Morgan fingerprint density at radius 1 is 1.33 bits per heavy atom. The summed E-state index contributed by atoms with van der Waals surface area (Å²) in [6.07, 6.45) is 3.39. The van der Waals surface area contributed by atoms with Gasteiger partial charge in [0.1, 0.15) is 0 Å². The molecule has 1 unspecified atom stereocenters. The normalized spacial score (nSPS) is 24.7. The number of aromatic nitrogens is 3. The lowest BCUT2D eigenvalue weighted by molar-refractivity contribution is -0.139. The fourth-order valence-electron chi connectivity index (χ4n) is 3.86. The van der Waals surface area contributed by atoms with Gasteiger partial charge in [-0.1, -0.05) is 0 Å². The molecule has 2 amide bonds. The van der Waals surface area contributed by atoms with Gasteiger partial charge in [-0.05, 0) is 26.2 Å². The van der Waals surface area contributed by atoms with Gasteiger partial charge in [-0.2, -0.15) is 15.4 Å². The lowest BCUT2D eigenvalue weighted by atomic mass is 9.73. The van der Waals surface area contributed by atoms with Crippen molar-refractivity contribution in [2.75, 3.05) is 39.9 Å². The molecule has 132 valence electrons. The summed E-state index contributed by atoms with van der Waals surface area (Å²) >= 11 is 0. The Bertz CT molecular complexity index is 617. The molecule has 0 aromatic carbocycles. The Balaban J connectivity index is 1.71. The number of hydrogen-bond donors (Lipinski definition) is 1. The lowest BCUT2D eigenvalue weighted by Gasteiger charge is -2.48. The number of methoxy groups -OCH3 is 1. The molecule has 3 heterocycles. The molecule has 1 spiro atoms. The number of amides is 2. The highest BCUT2D eigenvalue weighted by atomic mass is 16.5. The van der Waals surface area contributed by atoms with Gasteiger partial charge >= 0.3 is 0 Å². The van der Waals surface area contributed by atoms with Crippen LogP contribution < -0.4 is 0 Å². The van der Waals surface area contributed by atoms with Crippen LogP contribution in [0.2, 0.25) is 0 Å². The van der Waals surface area contributed by atoms with E-state index in [0.29, 0.717) is 44.0 Å². The van der Waals surface area contributed by atoms with Crippen molar-refractivity contribution in [1.29, 1.82) is 0 Å². The fourth-order valence-corrected chi connectivity index (χ4v) is 3.86. The van der Waals surface area contributed by atoms with Crippen LogP contribution in [0, 0.1) is 12.3 Å². The van der Waals surface area contributed by atoms with E-state index in [1.807, 2.05) is 9.80 Å². The highest BCUT2D eigenvalue weighted by Gasteiger charge is 2.43. The molecule has 8 nitrogen and oxygen atoms in total. The molecule has 1 atom stereocenters. The zero-order valence-electron chi connectivity index (χ0n) is 14.4. The fraction of sp³-hybridized carbons (Fsp3) is 0.750. The second kappa shape index (κ2) is 6.88. The second-order valence-corrected chi connectivity index (χ2v) is 6.90. The first-order chi connectivity index (χ1) is 11.5. The second-order valence-electron chi connectivity index (χ2n) is 6.90. The third kappa shape index (κ3) is 3.28. The summed E-state index contributed by atoms with van der Waals surface area (Å²) in [7, 11) is 1.64. The highest BCUT2D eigenvalue weighted by Crippen LogP contribution is 2.39. The molecule has 1 aromatic heterocycles. The average Bonchev–Trinajstić information content (AvgIpc) is 3.01. The number of piperidine rings is 2. The van der Waals surface area contributed by atoms with Crippen molar-refractivity contribution in [3.05, 3.63) is 11.4 Å². The third-order valence-corrected chi connectivity index (χ3v) is 5.19. The summed E-state index contributed by atoms with van der Waals surface area (Å²) in [5, 5.41) is 10.4. The zero-order chi connectivity index (χ0) is 17.2. The van der Waals surface area contributed by atoms with E-state index in [-0.39, 0.29) is 17.2 Å². The summed E-state index contributed by atoms with van der Waals surface area (Å²) in [6, 6.07) is 0. The zero-order valence-corrected chi connectivity index (χ0v) is 14.4. The van der Waals surface area contributed by atoms with E-state index in [2.05, 4.69) is 15.4 Å². The first-order valence-electron chi connectivity index (χ1n) is 8.48. The van der Waals surface area contributed by atoms with E-state index >= 15 is 0 Å². The van der Waals surface area contributed by atoms with Crippen LogP contribution in [0.1, 0.15) is 41.9 Å². The molecule has 2 aliphatic heterocycles. The number of H-pyrrole nitrogens is 1. The van der Waals surface area contributed by atoms with Crippen molar-refractivity contribution < 1.29 is 14.3 Å². The Morgan fingerprint density at radius 3 is 2.88 bits per heavy atom. The predicted molar refractivity (Wildman–Crippen MR) is 86.4 cm³/mol. The molecule has 24 heavy (non-hydrogen) atoms. The van der Waals surface area contributed by atoms with Crippen molar-refractivity contribution in [3.63, 3.8) is 0 Å². The van der Waals surface area contributed by atoms with Crippen molar-refractivity contribution in [1.82, 2.24) is 25.2 Å². The molecule has 2 fully saturated rings. The lowest BCUT2D eigenvalue weighted by Crippen LogP contribution is -2.55. The van der Waals surface area contributed by atoms with Crippen LogP contribution in [0.5, 0.6) is 0 Å². The summed E-state index contributed by atoms with van der Waals surface area (Å²) in [5.74, 6) is 0.120.